The Morgan fingerprint density at radius 2 is 2.00 bits per heavy atom. The summed E-state index contributed by atoms with van der Waals surface area (Å²) in [5.74, 6) is 2.52. The van der Waals surface area contributed by atoms with Crippen LogP contribution in [0.3, 0.4) is 0 Å². The van der Waals surface area contributed by atoms with E-state index < -0.39 is 11.7 Å². The van der Waals surface area contributed by atoms with Gasteiger partial charge in [-0.15, -0.1) is 0 Å². The van der Waals surface area contributed by atoms with Crippen molar-refractivity contribution in [2.45, 2.75) is 63.6 Å². The van der Waals surface area contributed by atoms with Crippen LogP contribution >= 0.6 is 0 Å². The number of aliphatic hydroxyl groups is 2. The average Bonchev–Trinajstić information content (AvgIpc) is 2.73. The van der Waals surface area contributed by atoms with E-state index in [9.17, 15) is 10.2 Å². The van der Waals surface area contributed by atoms with Crippen molar-refractivity contribution >= 4 is 0 Å². The Hall–Kier alpha value is -1.06. The molecule has 0 heterocycles. The fourth-order valence-electron chi connectivity index (χ4n) is 6.02. The minimum absolute atomic E-state index is 0.130. The first kappa shape index (κ1) is 15.5. The van der Waals surface area contributed by atoms with Gasteiger partial charge in [-0.3, -0.25) is 0 Å². The Bertz CT molecular complexity index is 623. The summed E-state index contributed by atoms with van der Waals surface area (Å²) in [6.07, 6.45) is 4.49. The maximum Gasteiger partial charge on any atom is 0.119 e. The van der Waals surface area contributed by atoms with Crippen molar-refractivity contribution in [2.75, 3.05) is 7.11 Å². The average molecular weight is 316 g/mol. The molecule has 6 atom stereocenters. The molecule has 23 heavy (non-hydrogen) atoms. The van der Waals surface area contributed by atoms with Crippen LogP contribution < -0.4 is 4.74 Å². The summed E-state index contributed by atoms with van der Waals surface area (Å²) in [6, 6.07) is 6.52. The molecule has 0 radical (unpaired) electrons. The number of fused-ring (bicyclic) bond motifs is 5. The summed E-state index contributed by atoms with van der Waals surface area (Å²) in [5, 5.41) is 21.3. The lowest BCUT2D eigenvalue weighted by molar-refractivity contribution is -0.0903. The second kappa shape index (κ2) is 4.97. The molecule has 4 rings (SSSR count). The van der Waals surface area contributed by atoms with E-state index in [1.807, 2.05) is 6.92 Å². The van der Waals surface area contributed by atoms with Gasteiger partial charge in [0.05, 0.1) is 18.8 Å². The number of aliphatic hydroxyl groups excluding tert-OH is 1. The number of rotatable bonds is 1. The number of benzene rings is 1. The molecule has 3 aliphatic rings. The fourth-order valence-corrected chi connectivity index (χ4v) is 6.02. The van der Waals surface area contributed by atoms with Gasteiger partial charge in [0.2, 0.25) is 0 Å². The van der Waals surface area contributed by atoms with Gasteiger partial charge in [0.25, 0.3) is 0 Å². The second-order valence-electron chi connectivity index (χ2n) is 8.49. The van der Waals surface area contributed by atoms with Crippen molar-refractivity contribution in [3.8, 4) is 5.75 Å². The smallest absolute Gasteiger partial charge is 0.119 e. The lowest BCUT2D eigenvalue weighted by Crippen LogP contribution is -2.46. The minimum atomic E-state index is -0.936. The first-order chi connectivity index (χ1) is 10.9. The van der Waals surface area contributed by atoms with Crippen LogP contribution in [0.1, 0.15) is 56.6 Å². The zero-order valence-electron chi connectivity index (χ0n) is 14.4. The topological polar surface area (TPSA) is 49.7 Å². The lowest BCUT2D eigenvalue weighted by atomic mass is 9.55. The SMILES string of the molecule is COc1ccc2c(c1)CCC1C2CCC2(C)C1C[C@](C)(O)C2O. The number of aryl methyl sites for hydroxylation is 1. The molecular formula is C20H28O3. The van der Waals surface area contributed by atoms with Gasteiger partial charge in [-0.05, 0) is 85.5 Å². The summed E-state index contributed by atoms with van der Waals surface area (Å²) in [5.41, 5.74) is 1.84. The minimum Gasteiger partial charge on any atom is -0.497 e. The van der Waals surface area contributed by atoms with E-state index in [4.69, 9.17) is 4.74 Å². The maximum atomic E-state index is 10.7. The molecular weight excluding hydrogens is 288 g/mol. The highest BCUT2D eigenvalue weighted by Crippen LogP contribution is 2.63. The highest BCUT2D eigenvalue weighted by atomic mass is 16.5. The van der Waals surface area contributed by atoms with Gasteiger partial charge in [0.15, 0.2) is 0 Å². The monoisotopic (exact) mass is 316 g/mol. The van der Waals surface area contributed by atoms with E-state index in [0.29, 0.717) is 17.8 Å². The molecule has 0 amide bonds. The summed E-state index contributed by atoms with van der Waals surface area (Å²) in [7, 11) is 1.72. The second-order valence-corrected chi connectivity index (χ2v) is 8.49. The van der Waals surface area contributed by atoms with E-state index in [0.717, 1.165) is 37.9 Å². The van der Waals surface area contributed by atoms with Crippen LogP contribution in [0.4, 0.5) is 0 Å². The summed E-state index contributed by atoms with van der Waals surface area (Å²) >= 11 is 0. The zero-order chi connectivity index (χ0) is 16.4. The molecule has 0 aliphatic heterocycles. The highest BCUT2D eigenvalue weighted by Gasteiger charge is 2.61. The third kappa shape index (κ3) is 2.09. The molecule has 0 saturated heterocycles. The summed E-state index contributed by atoms with van der Waals surface area (Å²) in [4.78, 5) is 0. The van der Waals surface area contributed by atoms with Crippen LogP contribution in [0.15, 0.2) is 18.2 Å². The molecule has 3 nitrogen and oxygen atoms in total. The van der Waals surface area contributed by atoms with Crippen molar-refractivity contribution in [3.05, 3.63) is 29.3 Å². The van der Waals surface area contributed by atoms with Crippen molar-refractivity contribution in [1.82, 2.24) is 0 Å². The molecule has 2 N–H and O–H groups in total. The molecule has 2 saturated carbocycles. The number of hydrogen-bond donors (Lipinski definition) is 2. The number of ether oxygens (including phenoxy) is 1. The quantitative estimate of drug-likeness (QED) is 0.836. The Labute approximate surface area is 138 Å². The molecule has 0 aromatic heterocycles. The van der Waals surface area contributed by atoms with Crippen LogP contribution in [0.2, 0.25) is 0 Å². The van der Waals surface area contributed by atoms with Crippen molar-refractivity contribution in [1.29, 1.82) is 0 Å². The van der Waals surface area contributed by atoms with Crippen molar-refractivity contribution in [3.63, 3.8) is 0 Å². The van der Waals surface area contributed by atoms with Crippen LogP contribution in [-0.2, 0) is 6.42 Å². The third-order valence-electron chi connectivity index (χ3n) is 7.22. The van der Waals surface area contributed by atoms with E-state index in [1.54, 1.807) is 7.11 Å². The Kier molecular flexibility index (Phi) is 3.34. The van der Waals surface area contributed by atoms with E-state index in [2.05, 4.69) is 25.1 Å². The van der Waals surface area contributed by atoms with E-state index >= 15 is 0 Å². The van der Waals surface area contributed by atoms with Crippen LogP contribution in [-0.4, -0.2) is 29.0 Å². The molecule has 5 unspecified atom stereocenters. The molecule has 0 bridgehead atoms. The Balaban J connectivity index is 1.70. The number of hydrogen-bond acceptors (Lipinski definition) is 3. The molecule has 3 aliphatic carbocycles. The normalized spacial score (nSPS) is 45.1. The van der Waals surface area contributed by atoms with Crippen molar-refractivity contribution < 1.29 is 14.9 Å². The van der Waals surface area contributed by atoms with Crippen LogP contribution in [0.25, 0.3) is 0 Å². The predicted octanol–water partition coefficient (Wildman–Crippen LogP) is 3.27. The number of methoxy groups -OCH3 is 1. The third-order valence-corrected chi connectivity index (χ3v) is 7.22. The molecule has 0 spiro atoms. The van der Waals surface area contributed by atoms with Gasteiger partial charge in [-0.1, -0.05) is 13.0 Å². The van der Waals surface area contributed by atoms with Crippen LogP contribution in [0.5, 0.6) is 5.75 Å². The first-order valence-corrected chi connectivity index (χ1v) is 8.94. The van der Waals surface area contributed by atoms with Gasteiger partial charge < -0.3 is 14.9 Å². The van der Waals surface area contributed by atoms with Gasteiger partial charge in [-0.25, -0.2) is 0 Å². The fraction of sp³-hybridized carbons (Fsp3) is 0.700. The van der Waals surface area contributed by atoms with E-state index in [-0.39, 0.29) is 5.41 Å². The van der Waals surface area contributed by atoms with Gasteiger partial charge in [0.1, 0.15) is 5.75 Å². The maximum absolute atomic E-state index is 10.7. The van der Waals surface area contributed by atoms with Gasteiger partial charge >= 0.3 is 0 Å². The molecule has 3 heteroatoms. The summed E-state index contributed by atoms with van der Waals surface area (Å²) < 4.78 is 5.38. The van der Waals surface area contributed by atoms with Gasteiger partial charge in [-0.2, -0.15) is 0 Å². The Morgan fingerprint density at radius 1 is 1.22 bits per heavy atom. The summed E-state index contributed by atoms with van der Waals surface area (Å²) in [6.45, 7) is 4.02. The standard InChI is InChI=1S/C20H28O3/c1-19-9-8-15-14-7-5-13(23-3)10-12(14)4-6-16(15)17(19)11-20(2,22)18(19)21/h5,7,10,15-18,21-22H,4,6,8-9,11H2,1-3H3/t15?,16?,17?,18?,19?,20-/m0/s1. The largest absolute Gasteiger partial charge is 0.497 e. The molecule has 1 aromatic carbocycles. The predicted molar refractivity (Wildman–Crippen MR) is 89.6 cm³/mol. The van der Waals surface area contributed by atoms with Crippen molar-refractivity contribution in [2.24, 2.45) is 17.3 Å². The Morgan fingerprint density at radius 3 is 2.74 bits per heavy atom. The molecule has 1 aromatic rings. The zero-order valence-corrected chi connectivity index (χ0v) is 14.4. The highest BCUT2D eigenvalue weighted by molar-refractivity contribution is 5.40. The van der Waals surface area contributed by atoms with Crippen LogP contribution in [0, 0.1) is 17.3 Å². The first-order valence-electron chi connectivity index (χ1n) is 8.94. The van der Waals surface area contributed by atoms with E-state index in [1.165, 1.54) is 11.1 Å². The lowest BCUT2D eigenvalue weighted by Gasteiger charge is -2.50. The molecule has 2 fully saturated rings. The van der Waals surface area contributed by atoms with Gasteiger partial charge in [0, 0.05) is 0 Å². The molecule has 126 valence electrons.